The van der Waals surface area contributed by atoms with Crippen molar-refractivity contribution in [3.8, 4) is 0 Å². The van der Waals surface area contributed by atoms with Crippen LogP contribution in [0.4, 0.5) is 0 Å². The Morgan fingerprint density at radius 1 is 1.35 bits per heavy atom. The topological polar surface area (TPSA) is 49.4 Å². The summed E-state index contributed by atoms with van der Waals surface area (Å²) in [5.74, 6) is -0.323. The summed E-state index contributed by atoms with van der Waals surface area (Å²) in [5.41, 5.74) is 0.568. The minimum atomic E-state index is -0.174. The third-order valence-corrected chi connectivity index (χ3v) is 3.08. The number of likely N-dealkylation sites (N-methyl/N-ethyl adjacent to an activating group) is 2. The first-order valence-corrected chi connectivity index (χ1v) is 6.13. The van der Waals surface area contributed by atoms with E-state index in [0.29, 0.717) is 12.1 Å². The van der Waals surface area contributed by atoms with E-state index in [1.807, 2.05) is 13.0 Å². The predicted octanol–water partition coefficient (Wildman–Crippen LogP) is 1.66. The van der Waals surface area contributed by atoms with Gasteiger partial charge in [-0.25, -0.2) is 0 Å². The predicted molar refractivity (Wildman–Crippen MR) is 69.8 cm³/mol. The highest BCUT2D eigenvalue weighted by atomic mass is 79.9. The monoisotopic (exact) mass is 298 g/mol. The van der Waals surface area contributed by atoms with Gasteiger partial charge >= 0.3 is 0 Å². The molecule has 0 fully saturated rings. The van der Waals surface area contributed by atoms with Crippen molar-refractivity contribution in [1.82, 2.24) is 10.2 Å². The molecule has 1 aromatic rings. The van der Waals surface area contributed by atoms with E-state index in [1.165, 1.54) is 4.90 Å². The van der Waals surface area contributed by atoms with Gasteiger partial charge in [-0.05, 0) is 35.0 Å². The van der Waals surface area contributed by atoms with E-state index in [-0.39, 0.29) is 18.4 Å². The molecule has 17 heavy (non-hydrogen) atoms. The van der Waals surface area contributed by atoms with Crippen LogP contribution < -0.4 is 5.32 Å². The lowest BCUT2D eigenvalue weighted by Gasteiger charge is -2.20. The molecule has 1 rings (SSSR count). The van der Waals surface area contributed by atoms with Gasteiger partial charge in [-0.15, -0.1) is 0 Å². The smallest absolute Gasteiger partial charge is 0.255 e. The Morgan fingerprint density at radius 2 is 2.00 bits per heavy atom. The minimum absolute atomic E-state index is 0.0766. The maximum atomic E-state index is 12.2. The normalized spacial score (nSPS) is 9.82. The number of nitrogens with one attached hydrogen (secondary N) is 1. The Labute approximate surface area is 109 Å². The first-order valence-electron chi connectivity index (χ1n) is 5.34. The standard InChI is InChI=1S/C12H15BrN2O2/c1-3-15(8-11(16)14-2)12(17)9-6-4-5-7-10(9)13/h4-7H,3,8H2,1-2H3,(H,14,16). The van der Waals surface area contributed by atoms with Crippen molar-refractivity contribution >= 4 is 27.7 Å². The second-order valence-electron chi connectivity index (χ2n) is 3.47. The van der Waals surface area contributed by atoms with Crippen molar-refractivity contribution in [2.45, 2.75) is 6.92 Å². The molecule has 0 aliphatic heterocycles. The molecule has 0 aliphatic rings. The number of benzene rings is 1. The highest BCUT2D eigenvalue weighted by Crippen LogP contribution is 2.17. The molecule has 0 saturated carbocycles. The second-order valence-corrected chi connectivity index (χ2v) is 4.33. The zero-order valence-corrected chi connectivity index (χ0v) is 11.5. The number of rotatable bonds is 4. The number of carbonyl (C=O) groups is 2. The molecule has 0 aromatic heterocycles. The summed E-state index contributed by atoms with van der Waals surface area (Å²) in [4.78, 5) is 24.9. The van der Waals surface area contributed by atoms with Gasteiger partial charge in [0.05, 0.1) is 12.1 Å². The first kappa shape index (κ1) is 13.7. The Morgan fingerprint density at radius 3 is 2.53 bits per heavy atom. The molecule has 2 amide bonds. The van der Waals surface area contributed by atoms with Crippen LogP contribution >= 0.6 is 15.9 Å². The Bertz CT molecular complexity index is 421. The lowest BCUT2D eigenvalue weighted by Crippen LogP contribution is -2.39. The van der Waals surface area contributed by atoms with Gasteiger partial charge in [-0.1, -0.05) is 12.1 Å². The summed E-state index contributed by atoms with van der Waals surface area (Å²) in [7, 11) is 1.55. The van der Waals surface area contributed by atoms with E-state index in [4.69, 9.17) is 0 Å². The fourth-order valence-corrected chi connectivity index (χ4v) is 1.84. The lowest BCUT2D eigenvalue weighted by atomic mass is 10.2. The molecule has 0 bridgehead atoms. The van der Waals surface area contributed by atoms with Gasteiger partial charge in [0.25, 0.3) is 5.91 Å². The highest BCUT2D eigenvalue weighted by Gasteiger charge is 2.18. The fraction of sp³-hybridized carbons (Fsp3) is 0.333. The Kier molecular flexibility index (Phi) is 5.15. The number of halogens is 1. The summed E-state index contributed by atoms with van der Waals surface area (Å²) in [6.07, 6.45) is 0. The first-order chi connectivity index (χ1) is 8.10. The average Bonchev–Trinajstić information content (AvgIpc) is 2.35. The summed E-state index contributed by atoms with van der Waals surface area (Å²) in [5, 5.41) is 2.51. The van der Waals surface area contributed by atoms with Crippen molar-refractivity contribution in [2.24, 2.45) is 0 Å². The number of nitrogens with zero attached hydrogens (tertiary/aromatic N) is 1. The van der Waals surface area contributed by atoms with Crippen LogP contribution in [-0.4, -0.2) is 36.9 Å². The molecule has 0 radical (unpaired) electrons. The van der Waals surface area contributed by atoms with E-state index in [0.717, 1.165) is 4.47 Å². The molecule has 5 heteroatoms. The molecule has 0 unspecified atom stereocenters. The molecule has 0 heterocycles. The van der Waals surface area contributed by atoms with E-state index in [1.54, 1.807) is 25.2 Å². The lowest BCUT2D eigenvalue weighted by molar-refractivity contribution is -0.121. The Hall–Kier alpha value is -1.36. The summed E-state index contributed by atoms with van der Waals surface area (Å²) in [6, 6.07) is 7.18. The van der Waals surface area contributed by atoms with E-state index < -0.39 is 0 Å². The maximum Gasteiger partial charge on any atom is 0.255 e. The SMILES string of the molecule is CCN(CC(=O)NC)C(=O)c1ccccc1Br. The molecule has 0 atom stereocenters. The van der Waals surface area contributed by atoms with E-state index >= 15 is 0 Å². The number of amides is 2. The molecule has 0 aliphatic carbocycles. The van der Waals surface area contributed by atoms with E-state index in [9.17, 15) is 9.59 Å². The van der Waals surface area contributed by atoms with Crippen LogP contribution in [0.15, 0.2) is 28.7 Å². The van der Waals surface area contributed by atoms with Crippen LogP contribution in [0.5, 0.6) is 0 Å². The van der Waals surface area contributed by atoms with Crippen molar-refractivity contribution in [3.63, 3.8) is 0 Å². The van der Waals surface area contributed by atoms with Gasteiger partial charge in [0.2, 0.25) is 5.91 Å². The largest absolute Gasteiger partial charge is 0.358 e. The van der Waals surface area contributed by atoms with Crippen LogP contribution in [0.3, 0.4) is 0 Å². The van der Waals surface area contributed by atoms with Crippen LogP contribution in [-0.2, 0) is 4.79 Å². The third kappa shape index (κ3) is 3.56. The molecule has 1 N–H and O–H groups in total. The number of carbonyl (C=O) groups excluding carboxylic acids is 2. The van der Waals surface area contributed by atoms with Gasteiger partial charge in [-0.3, -0.25) is 9.59 Å². The number of hydrogen-bond donors (Lipinski definition) is 1. The minimum Gasteiger partial charge on any atom is -0.358 e. The zero-order valence-electron chi connectivity index (χ0n) is 9.87. The van der Waals surface area contributed by atoms with E-state index in [2.05, 4.69) is 21.2 Å². The second kappa shape index (κ2) is 6.39. The molecular weight excluding hydrogens is 284 g/mol. The van der Waals surface area contributed by atoms with Gasteiger partial charge < -0.3 is 10.2 Å². The van der Waals surface area contributed by atoms with Crippen LogP contribution in [0, 0.1) is 0 Å². The van der Waals surface area contributed by atoms with Crippen LogP contribution in [0.25, 0.3) is 0 Å². The van der Waals surface area contributed by atoms with Gasteiger partial charge in [0.15, 0.2) is 0 Å². The Balaban J connectivity index is 2.87. The van der Waals surface area contributed by atoms with Gasteiger partial charge in [0.1, 0.15) is 0 Å². The molecule has 0 spiro atoms. The van der Waals surface area contributed by atoms with Crippen molar-refractivity contribution < 1.29 is 9.59 Å². The van der Waals surface area contributed by atoms with Crippen LogP contribution in [0.1, 0.15) is 17.3 Å². The third-order valence-electron chi connectivity index (χ3n) is 2.39. The molecule has 0 saturated heterocycles. The molecule has 4 nitrogen and oxygen atoms in total. The highest BCUT2D eigenvalue weighted by molar-refractivity contribution is 9.10. The molecule has 1 aromatic carbocycles. The summed E-state index contributed by atoms with van der Waals surface area (Å²) in [6.45, 7) is 2.42. The quantitative estimate of drug-likeness (QED) is 0.919. The van der Waals surface area contributed by atoms with Crippen LogP contribution in [0.2, 0.25) is 0 Å². The molecular formula is C12H15BrN2O2. The van der Waals surface area contributed by atoms with Crippen molar-refractivity contribution in [1.29, 1.82) is 0 Å². The summed E-state index contributed by atoms with van der Waals surface area (Å²) < 4.78 is 0.736. The molecule has 92 valence electrons. The number of hydrogen-bond acceptors (Lipinski definition) is 2. The van der Waals surface area contributed by atoms with Gasteiger partial charge in [0, 0.05) is 18.1 Å². The average molecular weight is 299 g/mol. The zero-order chi connectivity index (χ0) is 12.8. The maximum absolute atomic E-state index is 12.2. The summed E-state index contributed by atoms with van der Waals surface area (Å²) >= 11 is 3.33. The van der Waals surface area contributed by atoms with Gasteiger partial charge in [-0.2, -0.15) is 0 Å². The van der Waals surface area contributed by atoms with Crippen molar-refractivity contribution in [3.05, 3.63) is 34.3 Å². The van der Waals surface area contributed by atoms with Crippen molar-refractivity contribution in [2.75, 3.05) is 20.1 Å². The fourth-order valence-electron chi connectivity index (χ4n) is 1.38.